The number of nitrogens with zero attached hydrogens (tertiary/aromatic N) is 1. The van der Waals surface area contributed by atoms with Crippen LogP contribution in [0.15, 0.2) is 6.07 Å². The number of rotatable bonds is 2. The lowest BCUT2D eigenvalue weighted by Gasteiger charge is -2.33. The zero-order chi connectivity index (χ0) is 14.9. The van der Waals surface area contributed by atoms with Crippen molar-refractivity contribution in [1.82, 2.24) is 15.2 Å². The summed E-state index contributed by atoms with van der Waals surface area (Å²) in [7, 11) is 0. The molecule has 1 aliphatic heterocycles. The molecule has 6 nitrogen and oxygen atoms in total. The number of likely N-dealkylation sites (tertiary alicyclic amines) is 1. The maximum Gasteiger partial charge on any atom is 0.407 e. The molecule has 2 atom stereocenters. The first-order valence-corrected chi connectivity index (χ1v) is 6.54. The molecule has 0 bridgehead atoms. The molecular weight excluding hydrogens is 289 g/mol. The lowest BCUT2D eigenvalue weighted by molar-refractivity contribution is 0.0750. The molecule has 0 aromatic carbocycles. The molecule has 20 heavy (non-hydrogen) atoms. The fraction of sp³-hybridized carbons (Fsp3) is 0.500. The lowest BCUT2D eigenvalue weighted by atomic mass is 10.0. The molecule has 1 aliphatic rings. The number of aryl methyl sites for hydroxylation is 1. The number of amides is 2. The van der Waals surface area contributed by atoms with Gasteiger partial charge in [0.2, 0.25) is 0 Å². The third-order valence-corrected chi connectivity index (χ3v) is 3.72. The van der Waals surface area contributed by atoms with E-state index < -0.39 is 24.2 Å². The van der Waals surface area contributed by atoms with Crippen LogP contribution in [0.4, 0.5) is 9.18 Å². The number of halogens is 2. The fourth-order valence-electron chi connectivity index (χ4n) is 2.14. The number of hydrogen-bond donors (Lipinski definition) is 3. The third-order valence-electron chi connectivity index (χ3n) is 3.32. The SMILES string of the molecule is Cc1[nH]c(C(=O)N[C@@H]2CCN(C(=O)O)C[C@@H]2F)cc1Cl. The van der Waals surface area contributed by atoms with E-state index in [1.807, 2.05) is 0 Å². The second kappa shape index (κ2) is 5.70. The predicted octanol–water partition coefficient (Wildman–Crippen LogP) is 1.80. The van der Waals surface area contributed by atoms with Gasteiger partial charge in [-0.3, -0.25) is 4.79 Å². The number of piperidine rings is 1. The van der Waals surface area contributed by atoms with Crippen LogP contribution in [-0.2, 0) is 0 Å². The van der Waals surface area contributed by atoms with Gasteiger partial charge in [-0.15, -0.1) is 0 Å². The molecule has 0 unspecified atom stereocenters. The van der Waals surface area contributed by atoms with Crippen molar-refractivity contribution in [3.05, 3.63) is 22.5 Å². The van der Waals surface area contributed by atoms with Crippen LogP contribution in [0.1, 0.15) is 22.6 Å². The van der Waals surface area contributed by atoms with Crippen molar-refractivity contribution in [1.29, 1.82) is 0 Å². The van der Waals surface area contributed by atoms with E-state index in [0.29, 0.717) is 10.7 Å². The molecule has 110 valence electrons. The molecule has 3 N–H and O–H groups in total. The summed E-state index contributed by atoms with van der Waals surface area (Å²) in [4.78, 5) is 26.5. The van der Waals surface area contributed by atoms with Gasteiger partial charge in [-0.2, -0.15) is 0 Å². The Morgan fingerprint density at radius 3 is 2.80 bits per heavy atom. The number of carbonyl (C=O) groups excluding carboxylic acids is 1. The number of nitrogens with one attached hydrogen (secondary N) is 2. The highest BCUT2D eigenvalue weighted by atomic mass is 35.5. The summed E-state index contributed by atoms with van der Waals surface area (Å²) in [5.74, 6) is -0.448. The van der Waals surface area contributed by atoms with Crippen LogP contribution in [0.3, 0.4) is 0 Å². The molecule has 1 saturated heterocycles. The van der Waals surface area contributed by atoms with Crippen molar-refractivity contribution in [2.75, 3.05) is 13.1 Å². The monoisotopic (exact) mass is 303 g/mol. The minimum Gasteiger partial charge on any atom is -0.465 e. The molecule has 0 saturated carbocycles. The number of alkyl halides is 1. The molecule has 0 spiro atoms. The molecule has 0 radical (unpaired) electrons. The van der Waals surface area contributed by atoms with Gasteiger partial charge in [0.15, 0.2) is 0 Å². The second-order valence-corrected chi connectivity index (χ2v) is 5.18. The van der Waals surface area contributed by atoms with E-state index in [-0.39, 0.29) is 25.2 Å². The molecular formula is C12H15ClFN3O3. The maximum atomic E-state index is 13.9. The molecule has 1 fully saturated rings. The zero-order valence-corrected chi connectivity index (χ0v) is 11.6. The number of hydrogen-bond acceptors (Lipinski definition) is 2. The van der Waals surface area contributed by atoms with Crippen LogP contribution in [0, 0.1) is 6.92 Å². The number of H-pyrrole nitrogens is 1. The Balaban J connectivity index is 1.97. The summed E-state index contributed by atoms with van der Waals surface area (Å²) in [6.45, 7) is 1.69. The number of aromatic nitrogens is 1. The van der Waals surface area contributed by atoms with Gasteiger partial charge in [-0.05, 0) is 19.4 Å². The van der Waals surface area contributed by atoms with Gasteiger partial charge >= 0.3 is 6.09 Å². The van der Waals surface area contributed by atoms with E-state index in [9.17, 15) is 14.0 Å². The first-order valence-electron chi connectivity index (χ1n) is 6.16. The molecule has 1 aromatic rings. The first kappa shape index (κ1) is 14.6. The van der Waals surface area contributed by atoms with E-state index in [2.05, 4.69) is 10.3 Å². The second-order valence-electron chi connectivity index (χ2n) is 4.77. The van der Waals surface area contributed by atoms with E-state index in [0.717, 1.165) is 4.90 Å². The zero-order valence-electron chi connectivity index (χ0n) is 10.8. The Morgan fingerprint density at radius 2 is 2.30 bits per heavy atom. The Morgan fingerprint density at radius 1 is 1.60 bits per heavy atom. The van der Waals surface area contributed by atoms with E-state index >= 15 is 0 Å². The highest BCUT2D eigenvalue weighted by molar-refractivity contribution is 6.31. The van der Waals surface area contributed by atoms with Crippen LogP contribution in [0.5, 0.6) is 0 Å². The van der Waals surface area contributed by atoms with Crippen molar-refractivity contribution in [2.24, 2.45) is 0 Å². The summed E-state index contributed by atoms with van der Waals surface area (Å²) in [6.07, 6.45) is -2.33. The van der Waals surface area contributed by atoms with E-state index in [4.69, 9.17) is 16.7 Å². The molecule has 2 heterocycles. The summed E-state index contributed by atoms with van der Waals surface area (Å²) < 4.78 is 13.9. The van der Waals surface area contributed by atoms with Gasteiger partial charge in [0, 0.05) is 12.2 Å². The van der Waals surface area contributed by atoms with E-state index in [1.54, 1.807) is 6.92 Å². The normalized spacial score (nSPS) is 22.6. The van der Waals surface area contributed by atoms with Gasteiger partial charge in [-0.1, -0.05) is 11.6 Å². The van der Waals surface area contributed by atoms with Gasteiger partial charge in [0.05, 0.1) is 17.6 Å². The Bertz CT molecular complexity index is 515. The summed E-state index contributed by atoms with van der Waals surface area (Å²) >= 11 is 5.84. The van der Waals surface area contributed by atoms with Gasteiger partial charge in [-0.25, -0.2) is 9.18 Å². The third kappa shape index (κ3) is 3.04. The summed E-state index contributed by atoms with van der Waals surface area (Å²) in [5.41, 5.74) is 0.926. The number of aromatic amines is 1. The van der Waals surface area contributed by atoms with Crippen LogP contribution >= 0.6 is 11.6 Å². The largest absolute Gasteiger partial charge is 0.465 e. The molecule has 1 aromatic heterocycles. The molecule has 8 heteroatoms. The van der Waals surface area contributed by atoms with Gasteiger partial charge in [0.25, 0.3) is 5.91 Å². The topological polar surface area (TPSA) is 85.4 Å². The number of carboxylic acid groups (broad SMARTS) is 1. The molecule has 2 rings (SSSR count). The lowest BCUT2D eigenvalue weighted by Crippen LogP contribution is -2.53. The molecule has 2 amide bonds. The van der Waals surface area contributed by atoms with Crippen molar-refractivity contribution in [2.45, 2.75) is 25.6 Å². The van der Waals surface area contributed by atoms with Crippen molar-refractivity contribution in [3.63, 3.8) is 0 Å². The standard InChI is InChI=1S/C12H15ClFN3O3/c1-6-7(13)4-10(15-6)11(18)16-9-2-3-17(12(19)20)5-8(9)14/h4,8-9,15H,2-3,5H2,1H3,(H,16,18)(H,19,20)/t8-,9+/m0/s1. The van der Waals surface area contributed by atoms with Crippen LogP contribution in [0.25, 0.3) is 0 Å². The highest BCUT2D eigenvalue weighted by Gasteiger charge is 2.32. The average Bonchev–Trinajstić information content (AvgIpc) is 2.72. The minimum atomic E-state index is -1.42. The Labute approximate surface area is 119 Å². The quantitative estimate of drug-likeness (QED) is 0.778. The summed E-state index contributed by atoms with van der Waals surface area (Å²) in [6, 6.07) is 0.784. The van der Waals surface area contributed by atoms with E-state index in [1.165, 1.54) is 6.07 Å². The first-order chi connectivity index (χ1) is 9.38. The summed E-state index contributed by atoms with van der Waals surface area (Å²) in [5, 5.41) is 11.8. The van der Waals surface area contributed by atoms with Crippen molar-refractivity contribution in [3.8, 4) is 0 Å². The van der Waals surface area contributed by atoms with Gasteiger partial charge < -0.3 is 20.3 Å². The smallest absolute Gasteiger partial charge is 0.407 e. The van der Waals surface area contributed by atoms with Crippen LogP contribution in [0.2, 0.25) is 5.02 Å². The van der Waals surface area contributed by atoms with Gasteiger partial charge in [0.1, 0.15) is 11.9 Å². The van der Waals surface area contributed by atoms with Crippen molar-refractivity contribution < 1.29 is 19.1 Å². The fourth-order valence-corrected chi connectivity index (χ4v) is 2.30. The Hall–Kier alpha value is -1.76. The Kier molecular flexibility index (Phi) is 4.17. The van der Waals surface area contributed by atoms with Crippen LogP contribution < -0.4 is 5.32 Å². The number of carbonyl (C=O) groups is 2. The van der Waals surface area contributed by atoms with Crippen LogP contribution in [-0.4, -0.2) is 52.3 Å². The highest BCUT2D eigenvalue weighted by Crippen LogP contribution is 2.18. The average molecular weight is 304 g/mol. The predicted molar refractivity (Wildman–Crippen MR) is 70.9 cm³/mol. The maximum absolute atomic E-state index is 13.9. The minimum absolute atomic E-state index is 0.200. The molecule has 0 aliphatic carbocycles. The van der Waals surface area contributed by atoms with Crippen molar-refractivity contribution >= 4 is 23.6 Å².